The summed E-state index contributed by atoms with van der Waals surface area (Å²) in [5, 5.41) is 8.41. The van der Waals surface area contributed by atoms with E-state index in [9.17, 15) is 24.0 Å². The van der Waals surface area contributed by atoms with Gasteiger partial charge in [-0.15, -0.1) is 0 Å². The van der Waals surface area contributed by atoms with Crippen LogP contribution in [0.15, 0.2) is 64.4 Å². The first-order chi connectivity index (χ1) is 19.2. The van der Waals surface area contributed by atoms with Crippen LogP contribution >= 0.6 is 0 Å². The SMILES string of the molecule is COC(=O)c1ccc(CNC(=O)c2cc(NC(=O)Cc3cccc(CNc4c(C)c(=O)c4=O)c3)ncn2)cc1C. The van der Waals surface area contributed by atoms with Crippen molar-refractivity contribution in [3.05, 3.63) is 114 Å². The number of amides is 2. The number of benzene rings is 2. The fraction of sp³-hybridized carbons (Fsp3) is 0.207. The Morgan fingerprint density at radius 3 is 2.35 bits per heavy atom. The highest BCUT2D eigenvalue weighted by Gasteiger charge is 2.16. The number of hydrogen-bond donors (Lipinski definition) is 3. The zero-order valence-corrected chi connectivity index (χ0v) is 22.2. The molecule has 11 nitrogen and oxygen atoms in total. The van der Waals surface area contributed by atoms with Crippen molar-refractivity contribution in [2.24, 2.45) is 0 Å². The largest absolute Gasteiger partial charge is 0.465 e. The summed E-state index contributed by atoms with van der Waals surface area (Å²) in [5.74, 6) is -1.04. The highest BCUT2D eigenvalue weighted by atomic mass is 16.5. The average Bonchev–Trinajstić information content (AvgIpc) is 2.95. The summed E-state index contributed by atoms with van der Waals surface area (Å²) < 4.78 is 4.75. The van der Waals surface area contributed by atoms with Crippen LogP contribution in [0.4, 0.5) is 11.5 Å². The molecule has 2 amide bonds. The third-order valence-electron chi connectivity index (χ3n) is 6.29. The lowest BCUT2D eigenvalue weighted by atomic mass is 10.1. The molecule has 0 saturated carbocycles. The molecule has 0 unspecified atom stereocenters. The molecule has 1 heterocycles. The van der Waals surface area contributed by atoms with Gasteiger partial charge in [0.25, 0.3) is 5.91 Å². The fourth-order valence-corrected chi connectivity index (χ4v) is 4.13. The van der Waals surface area contributed by atoms with Crippen LogP contribution in [0.5, 0.6) is 0 Å². The van der Waals surface area contributed by atoms with Crippen molar-refractivity contribution in [1.29, 1.82) is 0 Å². The van der Waals surface area contributed by atoms with Crippen LogP contribution in [-0.4, -0.2) is 34.9 Å². The Kier molecular flexibility index (Phi) is 8.43. The average molecular weight is 542 g/mol. The molecule has 0 fully saturated rings. The number of carbonyl (C=O) groups excluding carboxylic acids is 3. The molecule has 3 N–H and O–H groups in total. The Hall–Kier alpha value is -5.19. The number of esters is 1. The van der Waals surface area contributed by atoms with E-state index in [1.54, 1.807) is 44.2 Å². The van der Waals surface area contributed by atoms with Crippen LogP contribution in [0.3, 0.4) is 0 Å². The number of aryl methyl sites for hydroxylation is 1. The highest BCUT2D eigenvalue weighted by molar-refractivity contribution is 5.95. The van der Waals surface area contributed by atoms with Crippen molar-refractivity contribution in [3.63, 3.8) is 0 Å². The summed E-state index contributed by atoms with van der Waals surface area (Å²) in [6, 6.07) is 13.8. The fourth-order valence-electron chi connectivity index (χ4n) is 4.13. The summed E-state index contributed by atoms with van der Waals surface area (Å²) in [4.78, 5) is 68.1. The minimum atomic E-state index is -0.518. The van der Waals surface area contributed by atoms with Gasteiger partial charge in [-0.1, -0.05) is 36.4 Å². The maximum atomic E-state index is 12.6. The first-order valence-electron chi connectivity index (χ1n) is 12.4. The van der Waals surface area contributed by atoms with Gasteiger partial charge >= 0.3 is 5.97 Å². The standard InChI is InChI=1S/C29H27N5O6/c1-16-9-20(7-8-21(16)29(39)40-3)14-31-28(38)22-12-23(33-15-32-22)34-24(35)11-18-5-4-6-19(10-18)13-30-25-17(2)26(36)27(25)37/h4-10,12,15,30H,11,13-14H2,1-3H3,(H,31,38)(H,32,33,34,35). The normalized spacial score (nSPS) is 10.7. The Bertz CT molecular complexity index is 1670. The third-order valence-corrected chi connectivity index (χ3v) is 6.29. The minimum absolute atomic E-state index is 0.0550. The second-order valence-electron chi connectivity index (χ2n) is 9.17. The number of anilines is 2. The van der Waals surface area contributed by atoms with E-state index in [-0.39, 0.29) is 30.4 Å². The Balaban J connectivity index is 1.31. The van der Waals surface area contributed by atoms with Crippen molar-refractivity contribution in [2.45, 2.75) is 33.4 Å². The van der Waals surface area contributed by atoms with E-state index in [2.05, 4.69) is 25.9 Å². The smallest absolute Gasteiger partial charge is 0.338 e. The molecule has 11 heteroatoms. The Morgan fingerprint density at radius 2 is 1.62 bits per heavy atom. The number of carbonyl (C=O) groups is 3. The van der Waals surface area contributed by atoms with E-state index in [0.29, 0.717) is 23.4 Å². The minimum Gasteiger partial charge on any atom is -0.465 e. The zero-order chi connectivity index (χ0) is 28.8. The molecular weight excluding hydrogens is 514 g/mol. The number of hydrogen-bond acceptors (Lipinski definition) is 9. The monoisotopic (exact) mass is 541 g/mol. The number of methoxy groups -OCH3 is 1. The predicted molar refractivity (Wildman–Crippen MR) is 148 cm³/mol. The first kappa shape index (κ1) is 27.8. The number of rotatable bonds is 10. The van der Waals surface area contributed by atoms with Crippen molar-refractivity contribution in [3.8, 4) is 0 Å². The zero-order valence-electron chi connectivity index (χ0n) is 22.2. The van der Waals surface area contributed by atoms with Crippen molar-refractivity contribution in [2.75, 3.05) is 17.7 Å². The summed E-state index contributed by atoms with van der Waals surface area (Å²) in [5.41, 5.74) is 3.38. The van der Waals surface area contributed by atoms with E-state index in [0.717, 1.165) is 22.3 Å². The molecular formula is C29H27N5O6. The van der Waals surface area contributed by atoms with Crippen LogP contribution in [0.25, 0.3) is 0 Å². The van der Waals surface area contributed by atoms with Gasteiger partial charge < -0.3 is 20.7 Å². The molecule has 0 aliphatic heterocycles. The molecule has 1 aromatic heterocycles. The summed E-state index contributed by atoms with van der Waals surface area (Å²) in [7, 11) is 1.32. The molecule has 0 aliphatic carbocycles. The number of aromatic nitrogens is 2. The molecule has 0 bridgehead atoms. The third kappa shape index (κ3) is 6.44. The van der Waals surface area contributed by atoms with Crippen LogP contribution in [-0.2, 0) is 29.0 Å². The van der Waals surface area contributed by atoms with Crippen molar-refractivity contribution < 1.29 is 19.1 Å². The summed E-state index contributed by atoms with van der Waals surface area (Å²) in [6.07, 6.45) is 1.24. The lowest BCUT2D eigenvalue weighted by molar-refractivity contribution is -0.115. The van der Waals surface area contributed by atoms with E-state index < -0.39 is 22.7 Å². The molecule has 0 aliphatic rings. The van der Waals surface area contributed by atoms with Gasteiger partial charge in [-0.2, -0.15) is 0 Å². The van der Waals surface area contributed by atoms with Gasteiger partial charge in [-0.3, -0.25) is 19.2 Å². The van der Waals surface area contributed by atoms with Gasteiger partial charge in [-0.05, 0) is 42.2 Å². The van der Waals surface area contributed by atoms with Crippen LogP contribution in [0.1, 0.15) is 48.7 Å². The Labute approximate surface area is 229 Å². The van der Waals surface area contributed by atoms with Gasteiger partial charge in [0, 0.05) is 24.7 Å². The molecule has 0 spiro atoms. The summed E-state index contributed by atoms with van der Waals surface area (Å²) >= 11 is 0. The summed E-state index contributed by atoms with van der Waals surface area (Å²) in [6.45, 7) is 3.92. The van der Waals surface area contributed by atoms with Crippen molar-refractivity contribution in [1.82, 2.24) is 15.3 Å². The Morgan fingerprint density at radius 1 is 0.875 bits per heavy atom. The van der Waals surface area contributed by atoms with Crippen LogP contribution < -0.4 is 26.8 Å². The topological polar surface area (TPSA) is 156 Å². The molecule has 204 valence electrons. The van der Waals surface area contributed by atoms with Gasteiger partial charge in [0.1, 0.15) is 17.8 Å². The predicted octanol–water partition coefficient (Wildman–Crippen LogP) is 2.20. The van der Waals surface area contributed by atoms with Gasteiger partial charge in [0.05, 0.1) is 24.8 Å². The molecule has 4 aromatic rings. The maximum absolute atomic E-state index is 12.6. The van der Waals surface area contributed by atoms with E-state index in [1.807, 2.05) is 12.1 Å². The van der Waals surface area contributed by atoms with Crippen LogP contribution in [0.2, 0.25) is 0 Å². The molecule has 40 heavy (non-hydrogen) atoms. The number of nitrogens with zero attached hydrogens (tertiary/aromatic N) is 2. The quantitative estimate of drug-likeness (QED) is 0.202. The van der Waals surface area contributed by atoms with Gasteiger partial charge in [0.2, 0.25) is 16.8 Å². The van der Waals surface area contributed by atoms with E-state index in [4.69, 9.17) is 4.74 Å². The highest BCUT2D eigenvalue weighted by Crippen LogP contribution is 2.14. The second-order valence-corrected chi connectivity index (χ2v) is 9.17. The number of nitrogens with one attached hydrogen (secondary N) is 3. The van der Waals surface area contributed by atoms with Crippen molar-refractivity contribution >= 4 is 29.3 Å². The van der Waals surface area contributed by atoms with E-state index >= 15 is 0 Å². The maximum Gasteiger partial charge on any atom is 0.338 e. The van der Waals surface area contributed by atoms with Gasteiger partial charge in [0.15, 0.2) is 0 Å². The molecule has 4 rings (SSSR count). The number of ether oxygens (including phenoxy) is 1. The molecule has 0 saturated heterocycles. The van der Waals surface area contributed by atoms with Gasteiger partial charge in [-0.25, -0.2) is 14.8 Å². The lowest BCUT2D eigenvalue weighted by Crippen LogP contribution is -2.36. The second kappa shape index (κ2) is 12.1. The van der Waals surface area contributed by atoms with E-state index in [1.165, 1.54) is 19.5 Å². The molecule has 3 aromatic carbocycles. The lowest BCUT2D eigenvalue weighted by Gasteiger charge is -2.11. The first-order valence-corrected chi connectivity index (χ1v) is 12.4. The van der Waals surface area contributed by atoms with Crippen LogP contribution in [0, 0.1) is 13.8 Å². The molecule has 0 atom stereocenters. The molecule has 0 radical (unpaired) electrons.